The summed E-state index contributed by atoms with van der Waals surface area (Å²) in [4.78, 5) is 8.80. The molecule has 0 bridgehead atoms. The Morgan fingerprint density at radius 1 is 0.443 bits per heavy atom. The Bertz CT molecular complexity index is 4440. The maximum Gasteiger partial charge on any atom is 0.0676 e. The van der Waals surface area contributed by atoms with Crippen molar-refractivity contribution < 1.29 is 81.4 Å². The number of nitrogens with zero attached hydrogens (tertiary/aromatic N) is 8. The molecular weight excluding hydrogens is 1820 g/mol. The van der Waals surface area contributed by atoms with Crippen molar-refractivity contribution in [1.82, 2.24) is 39.3 Å². The maximum atomic E-state index is 4.68. The molecule has 13 aromatic rings. The molecule has 2 aliphatic rings. The summed E-state index contributed by atoms with van der Waals surface area (Å²) in [6, 6.07) is 81.9. The third-order valence-corrected chi connectivity index (χ3v) is 16.2. The minimum atomic E-state index is 0. The van der Waals surface area contributed by atoms with Gasteiger partial charge in [-0.2, -0.15) is 0 Å². The van der Waals surface area contributed by atoms with Gasteiger partial charge in [-0.05, 0) is 68.4 Å². The Labute approximate surface area is 575 Å². The van der Waals surface area contributed by atoms with Crippen molar-refractivity contribution in [3.05, 3.63) is 295 Å². The van der Waals surface area contributed by atoms with E-state index in [0.717, 1.165) is 67.5 Å². The third-order valence-electron chi connectivity index (χ3n) is 15.6. The van der Waals surface area contributed by atoms with Gasteiger partial charge in [0.15, 0.2) is 0 Å². The van der Waals surface area contributed by atoms with E-state index < -0.39 is 0 Å². The minimum Gasteiger partial charge on any atom is -0.293 e. The van der Waals surface area contributed by atoms with Crippen molar-refractivity contribution in [3.8, 4) is 95.4 Å². The van der Waals surface area contributed by atoms with Crippen molar-refractivity contribution >= 4 is 17.4 Å². The first-order valence-corrected chi connectivity index (χ1v) is 28.9. The van der Waals surface area contributed by atoms with E-state index in [4.69, 9.17) is 0 Å². The van der Waals surface area contributed by atoms with Gasteiger partial charge in [0.05, 0.1) is 16.9 Å². The number of benzene rings is 8. The maximum absolute atomic E-state index is 4.68. The summed E-state index contributed by atoms with van der Waals surface area (Å²) >= 11 is 1.62. The summed E-state index contributed by atoms with van der Waals surface area (Å²) in [5, 5.41) is 15.6. The zero-order chi connectivity index (χ0) is 57.8. The molecule has 0 aliphatic heterocycles. The second-order valence-corrected chi connectivity index (χ2v) is 22.5. The average Bonchev–Trinajstić information content (AvgIpc) is 1.68. The quantitative estimate of drug-likeness (QED) is 0.142. The van der Waals surface area contributed by atoms with Crippen LogP contribution in [0.2, 0.25) is 0 Å². The molecule has 5 aromatic heterocycles. The van der Waals surface area contributed by atoms with Crippen LogP contribution in [-0.4, -0.2) is 39.3 Å². The first-order chi connectivity index (χ1) is 40.9. The number of pyridine rings is 1. The molecule has 0 unspecified atom stereocenters. The molecule has 13 heteroatoms. The summed E-state index contributed by atoms with van der Waals surface area (Å²) in [6.45, 7) is 13.0. The molecule has 0 saturated carbocycles. The first kappa shape index (κ1) is 66.5. The largest absolute Gasteiger partial charge is 0.293 e. The molecule has 8 aromatic carbocycles. The minimum absolute atomic E-state index is 0. The Morgan fingerprint density at radius 3 is 1.47 bits per heavy atom. The van der Waals surface area contributed by atoms with Gasteiger partial charge >= 0.3 is 0 Å². The van der Waals surface area contributed by atoms with E-state index in [1.54, 1.807) is 22.2 Å². The van der Waals surface area contributed by atoms with Crippen LogP contribution in [0.5, 0.6) is 0 Å². The fraction of sp³-hybridized carbons (Fsp3) is 0.107. The molecule has 0 fully saturated rings. The standard InChI is InChI=1S/C22H16N3.C19H17N2.C18H14NS.C16H13N2.3Ir.Pt/c1-2-17-9-11-20(12-10-17)25-15-13-22(24-25)19-7-5-6-18(16-19)21-8-3-4-14-23-21;1-19(2)16-7-5-4-6-14(16)15-9-8-13(12-17(15)19)18-10-11-21(3)20-18;1-18(2)15-6-4-3-5-13(15)14-8-7-12(9-16(14)18)17-10-20-11-19-17;1-18-11-10-16(17-18)15-9-5-8-14(12-15)13-6-3-2-4-7-13;;;;/h2-6,8-16H,1H2;4-7,9-12H,1-3H3;3-6,8-11H,1-2H3;2-8,10-12H,1H3;;;;/q4*-1;;;;. The molecule has 447 valence electrons. The summed E-state index contributed by atoms with van der Waals surface area (Å²) in [5.41, 5.74) is 27.2. The van der Waals surface area contributed by atoms with Crippen LogP contribution < -0.4 is 0 Å². The zero-order valence-corrected chi connectivity index (χ0v) is 59.4. The van der Waals surface area contributed by atoms with E-state index in [2.05, 4.69) is 192 Å². The first-order valence-electron chi connectivity index (χ1n) is 27.9. The third kappa shape index (κ3) is 14.2. The predicted octanol–water partition coefficient (Wildman–Crippen LogP) is 17.7. The Kier molecular flexibility index (Phi) is 22.1. The van der Waals surface area contributed by atoms with E-state index in [1.807, 2.05) is 151 Å². The fourth-order valence-electron chi connectivity index (χ4n) is 11.1. The summed E-state index contributed by atoms with van der Waals surface area (Å²) in [5.74, 6) is 0. The SMILES string of the molecule is C=Cc1ccc(-n2ccc(-c3[c-]ccc(-c4ccccn4)c3)n2)cc1.CC1(C)c2ccccc2-c2c[c-]c(-c3cscn3)cc21.Cn1ccc(-c2[c-]cc3c(c2)C(C)(C)c2ccccc2-3)n1.Cn1ccc(-c2[c-]ccc(-c3ccccc3)c2)n1.[Ir].[Ir].[Ir].[Pt]. The second kappa shape index (κ2) is 29.2. The van der Waals surface area contributed by atoms with Crippen molar-refractivity contribution in [2.45, 2.75) is 38.5 Å². The number of hydrogen-bond donors (Lipinski definition) is 0. The van der Waals surface area contributed by atoms with Gasteiger partial charge in [-0.1, -0.05) is 183 Å². The Balaban J connectivity index is 0.000000151. The van der Waals surface area contributed by atoms with Crippen LogP contribution in [-0.2, 0) is 106 Å². The smallest absolute Gasteiger partial charge is 0.0676 e. The van der Waals surface area contributed by atoms with E-state index >= 15 is 0 Å². The molecular formula is C75H60Ir3N8PtS-4. The predicted molar refractivity (Wildman–Crippen MR) is 343 cm³/mol. The number of hydrogen-bond acceptors (Lipinski definition) is 6. The van der Waals surface area contributed by atoms with Gasteiger partial charge in [-0.25, -0.2) is 15.3 Å². The van der Waals surface area contributed by atoms with Gasteiger partial charge < -0.3 is 0 Å². The van der Waals surface area contributed by atoms with Gasteiger partial charge in [0, 0.05) is 137 Å². The van der Waals surface area contributed by atoms with Crippen LogP contribution in [0.25, 0.3) is 101 Å². The molecule has 3 radical (unpaired) electrons. The Hall–Kier alpha value is -7.45. The molecule has 2 aliphatic carbocycles. The number of thiazole rings is 1. The van der Waals surface area contributed by atoms with Crippen molar-refractivity contribution in [2.75, 3.05) is 0 Å². The second-order valence-electron chi connectivity index (χ2n) is 21.8. The van der Waals surface area contributed by atoms with Crippen LogP contribution in [0, 0.1) is 24.3 Å². The summed E-state index contributed by atoms with van der Waals surface area (Å²) in [7, 11) is 3.86. The van der Waals surface area contributed by atoms with Crippen LogP contribution in [0.1, 0.15) is 55.5 Å². The summed E-state index contributed by atoms with van der Waals surface area (Å²) in [6.07, 6.45) is 9.50. The number of rotatable bonds is 8. The monoisotopic (exact) mass is 1880 g/mol. The van der Waals surface area contributed by atoms with Gasteiger partial charge in [-0.15, -0.1) is 135 Å². The van der Waals surface area contributed by atoms with Crippen LogP contribution in [0.4, 0.5) is 0 Å². The molecule has 0 spiro atoms. The molecule has 5 heterocycles. The molecule has 15 rings (SSSR count). The van der Waals surface area contributed by atoms with E-state index in [0.29, 0.717) is 0 Å². The van der Waals surface area contributed by atoms with Crippen molar-refractivity contribution in [1.29, 1.82) is 0 Å². The topological polar surface area (TPSA) is 79.2 Å². The van der Waals surface area contributed by atoms with Gasteiger partial charge in [0.25, 0.3) is 0 Å². The van der Waals surface area contributed by atoms with E-state index in [-0.39, 0.29) is 92.2 Å². The van der Waals surface area contributed by atoms with Gasteiger partial charge in [-0.3, -0.25) is 24.0 Å². The van der Waals surface area contributed by atoms with E-state index in [1.165, 1.54) is 55.6 Å². The van der Waals surface area contributed by atoms with Crippen LogP contribution in [0.3, 0.4) is 0 Å². The zero-order valence-electron chi connectivity index (χ0n) is 49.1. The van der Waals surface area contributed by atoms with Crippen LogP contribution >= 0.6 is 11.3 Å². The van der Waals surface area contributed by atoms with E-state index in [9.17, 15) is 0 Å². The molecule has 0 saturated heterocycles. The van der Waals surface area contributed by atoms with Gasteiger partial charge in [0.2, 0.25) is 0 Å². The number of fused-ring (bicyclic) bond motifs is 6. The van der Waals surface area contributed by atoms with Crippen molar-refractivity contribution in [3.63, 3.8) is 0 Å². The Morgan fingerprint density at radius 2 is 0.943 bits per heavy atom. The average molecular weight is 1880 g/mol. The molecule has 88 heavy (non-hydrogen) atoms. The van der Waals surface area contributed by atoms with Crippen LogP contribution in [0.15, 0.2) is 242 Å². The molecule has 0 N–H and O–H groups in total. The number of aromatic nitrogens is 8. The normalized spacial score (nSPS) is 12.1. The molecule has 8 nitrogen and oxygen atoms in total. The summed E-state index contributed by atoms with van der Waals surface area (Å²) < 4.78 is 5.50. The fourth-order valence-corrected chi connectivity index (χ4v) is 11.7. The number of aryl methyl sites for hydroxylation is 2. The molecule has 0 atom stereocenters. The van der Waals surface area contributed by atoms with Gasteiger partial charge in [0.1, 0.15) is 0 Å². The van der Waals surface area contributed by atoms with Crippen molar-refractivity contribution in [2.24, 2.45) is 14.1 Å². The molecule has 0 amide bonds.